The lowest BCUT2D eigenvalue weighted by molar-refractivity contribution is -0.250. The molecular weight excluding hydrogens is 582 g/mol. The molecule has 1 amide bonds. The van der Waals surface area contributed by atoms with Crippen LogP contribution in [-0.4, -0.2) is 90.2 Å². The molecule has 0 radical (unpaired) electrons. The highest BCUT2D eigenvalue weighted by Gasteiger charge is 2.84. The minimum atomic E-state index is -0.760. The maximum Gasteiger partial charge on any atom is 0.233 e. The Morgan fingerprint density at radius 2 is 1.67 bits per heavy atom. The molecule has 0 aromatic carbocycles. The molecule has 12 atom stereocenters. The van der Waals surface area contributed by atoms with Gasteiger partial charge in [-0.2, -0.15) is 0 Å². The fourth-order valence-corrected chi connectivity index (χ4v) is 13.8. The molecule has 3 heterocycles. The quantitative estimate of drug-likeness (QED) is 0.419. The summed E-state index contributed by atoms with van der Waals surface area (Å²) in [7, 11) is 0. The van der Waals surface area contributed by atoms with Gasteiger partial charge >= 0.3 is 0 Å². The highest BCUT2D eigenvalue weighted by Crippen LogP contribution is 2.89. The lowest BCUT2D eigenvalue weighted by Crippen LogP contribution is -2.60. The molecular formula is C38H61NO7. The second-order valence-corrected chi connectivity index (χ2v) is 19.3. The Hall–Kier alpha value is -0.770. The first kappa shape index (κ1) is 32.4. The van der Waals surface area contributed by atoms with Crippen LogP contribution in [0.5, 0.6) is 0 Å². The highest BCUT2D eigenvalue weighted by molar-refractivity contribution is 5.83. The van der Waals surface area contributed by atoms with E-state index in [-0.39, 0.29) is 46.8 Å². The van der Waals surface area contributed by atoms with Crippen molar-refractivity contribution >= 4 is 5.91 Å². The molecule has 5 saturated carbocycles. The number of amides is 1. The van der Waals surface area contributed by atoms with Gasteiger partial charge in [0, 0.05) is 18.4 Å². The van der Waals surface area contributed by atoms with Gasteiger partial charge in [0.25, 0.3) is 0 Å². The average molecular weight is 644 g/mol. The Morgan fingerprint density at radius 3 is 2.37 bits per heavy atom. The Labute approximate surface area is 276 Å². The van der Waals surface area contributed by atoms with E-state index in [0.717, 1.165) is 19.3 Å². The maximum absolute atomic E-state index is 13.2. The van der Waals surface area contributed by atoms with E-state index in [4.69, 9.17) is 18.9 Å². The molecule has 2 spiro atoms. The van der Waals surface area contributed by atoms with Crippen molar-refractivity contribution < 1.29 is 34.0 Å². The van der Waals surface area contributed by atoms with Crippen LogP contribution in [0, 0.1) is 50.2 Å². The molecule has 46 heavy (non-hydrogen) atoms. The number of morpholine rings is 1. The van der Waals surface area contributed by atoms with E-state index in [2.05, 4.69) is 27.7 Å². The van der Waals surface area contributed by atoms with Crippen LogP contribution in [0.3, 0.4) is 0 Å². The number of nitrogens with zero attached hydrogens (tertiary/aromatic N) is 1. The van der Waals surface area contributed by atoms with Gasteiger partial charge < -0.3 is 34.1 Å². The first-order valence-electron chi connectivity index (χ1n) is 18.7. The van der Waals surface area contributed by atoms with Gasteiger partial charge in [0.15, 0.2) is 6.29 Å². The summed E-state index contributed by atoms with van der Waals surface area (Å²) in [5, 5.41) is 22.9. The van der Waals surface area contributed by atoms with Crippen LogP contribution in [0.1, 0.15) is 113 Å². The monoisotopic (exact) mass is 643 g/mol. The van der Waals surface area contributed by atoms with Gasteiger partial charge in [-0.1, -0.05) is 27.7 Å². The zero-order valence-corrected chi connectivity index (χ0v) is 29.6. The largest absolute Gasteiger partial charge is 0.390 e. The summed E-state index contributed by atoms with van der Waals surface area (Å²) in [6, 6.07) is 0. The number of fused-ring (bicyclic) bond motifs is 4. The first-order chi connectivity index (χ1) is 21.5. The third kappa shape index (κ3) is 4.22. The molecule has 0 bridgehead atoms. The van der Waals surface area contributed by atoms with Crippen molar-refractivity contribution in [3.05, 3.63) is 0 Å². The van der Waals surface area contributed by atoms with Crippen LogP contribution < -0.4 is 0 Å². The average Bonchev–Trinajstić information content (AvgIpc) is 3.61. The summed E-state index contributed by atoms with van der Waals surface area (Å²) in [5.41, 5.74) is -0.614. The molecule has 3 aliphatic heterocycles. The van der Waals surface area contributed by atoms with Gasteiger partial charge in [0.2, 0.25) is 5.91 Å². The number of hydrogen-bond acceptors (Lipinski definition) is 7. The molecule has 6 unspecified atom stereocenters. The molecule has 8 fully saturated rings. The van der Waals surface area contributed by atoms with Crippen LogP contribution in [0.25, 0.3) is 0 Å². The zero-order chi connectivity index (χ0) is 32.7. The summed E-state index contributed by atoms with van der Waals surface area (Å²) in [6.07, 6.45) is 10.2. The fraction of sp³-hybridized carbons (Fsp3) is 0.974. The van der Waals surface area contributed by atoms with E-state index in [1.165, 1.54) is 38.5 Å². The highest BCUT2D eigenvalue weighted by atomic mass is 16.7. The summed E-state index contributed by atoms with van der Waals surface area (Å²) in [4.78, 5) is 15.2. The van der Waals surface area contributed by atoms with E-state index in [1.54, 1.807) is 0 Å². The summed E-state index contributed by atoms with van der Waals surface area (Å²) in [6.45, 7) is 18.2. The van der Waals surface area contributed by atoms with Gasteiger partial charge in [-0.15, -0.1) is 0 Å². The van der Waals surface area contributed by atoms with Crippen molar-refractivity contribution in [2.24, 2.45) is 50.2 Å². The second-order valence-electron chi connectivity index (χ2n) is 19.3. The topological polar surface area (TPSA) is 97.7 Å². The van der Waals surface area contributed by atoms with Crippen LogP contribution in [0.2, 0.25) is 0 Å². The molecule has 8 nitrogen and oxygen atoms in total. The van der Waals surface area contributed by atoms with Crippen molar-refractivity contribution in [3.63, 3.8) is 0 Å². The van der Waals surface area contributed by atoms with E-state index >= 15 is 0 Å². The molecule has 8 aliphatic rings. The molecule has 5 aliphatic carbocycles. The first-order valence-corrected chi connectivity index (χ1v) is 18.7. The lowest BCUT2D eigenvalue weighted by Gasteiger charge is -2.63. The number of carbonyl (C=O) groups excluding carboxylic acids is 1. The molecule has 3 saturated heterocycles. The number of ether oxygens (including phenoxy) is 4. The van der Waals surface area contributed by atoms with E-state index < -0.39 is 17.1 Å². The van der Waals surface area contributed by atoms with Crippen molar-refractivity contribution in [2.45, 2.75) is 149 Å². The standard InChI is InChI=1S/C38H61NO7/c1-32(2,42)18-23-8-9-24-29(45-23)30(40)36(7)26-11-10-25-33(3,4)27(12-13-37(25)20-38(26,37)15-14-35(24,36)6)46-28-19-39(16-17-44-28)31(41)34(5)21-43-22-34/h23-30,40,42H,8-22H2,1-7H3/t23?,24-,25-,26?,27-,28?,29?,30-,35+,36+,37?,38?/m0/s1. The van der Waals surface area contributed by atoms with Gasteiger partial charge in [-0.05, 0) is 118 Å². The van der Waals surface area contributed by atoms with Crippen LogP contribution >= 0.6 is 0 Å². The SMILES string of the molecule is CC(C)(O)CC1CC[C@H]2C(O1)[C@H](O)[C@@]1(C)C3CC[C@H]4C(C)(C)[C@@H](OC5CN(C(=O)C6(C)COC6)CCO5)CCC45CC35CC[C@]21C. The van der Waals surface area contributed by atoms with Crippen LogP contribution in [0.4, 0.5) is 0 Å². The van der Waals surface area contributed by atoms with E-state index in [1.807, 2.05) is 25.7 Å². The summed E-state index contributed by atoms with van der Waals surface area (Å²) < 4.78 is 25.1. The fourth-order valence-electron chi connectivity index (χ4n) is 13.8. The number of carbonyl (C=O) groups is 1. The summed E-state index contributed by atoms with van der Waals surface area (Å²) >= 11 is 0. The van der Waals surface area contributed by atoms with Gasteiger partial charge in [-0.3, -0.25) is 4.79 Å². The minimum Gasteiger partial charge on any atom is -0.390 e. The maximum atomic E-state index is 13.2. The normalized spacial score (nSPS) is 51.9. The molecule has 260 valence electrons. The number of rotatable bonds is 5. The number of hydrogen-bond donors (Lipinski definition) is 2. The molecule has 8 heteroatoms. The molecule has 0 aromatic heterocycles. The van der Waals surface area contributed by atoms with Gasteiger partial charge in [0.05, 0.1) is 61.8 Å². The van der Waals surface area contributed by atoms with Crippen molar-refractivity contribution in [3.8, 4) is 0 Å². The Bertz CT molecular complexity index is 1240. The third-order valence-electron chi connectivity index (χ3n) is 16.2. The smallest absolute Gasteiger partial charge is 0.233 e. The van der Waals surface area contributed by atoms with Gasteiger partial charge in [0.1, 0.15) is 0 Å². The third-order valence-corrected chi connectivity index (χ3v) is 16.2. The van der Waals surface area contributed by atoms with Gasteiger partial charge in [-0.25, -0.2) is 0 Å². The Kier molecular flexibility index (Phi) is 7.16. The molecule has 8 rings (SSSR count). The predicted molar refractivity (Wildman–Crippen MR) is 173 cm³/mol. The van der Waals surface area contributed by atoms with Crippen molar-refractivity contribution in [1.82, 2.24) is 4.90 Å². The van der Waals surface area contributed by atoms with Crippen molar-refractivity contribution in [1.29, 1.82) is 0 Å². The predicted octanol–water partition coefficient (Wildman–Crippen LogP) is 5.32. The second kappa shape index (κ2) is 10.2. The Morgan fingerprint density at radius 1 is 0.957 bits per heavy atom. The van der Waals surface area contributed by atoms with Crippen LogP contribution in [-0.2, 0) is 23.7 Å². The van der Waals surface area contributed by atoms with E-state index in [0.29, 0.717) is 67.9 Å². The molecule has 2 N–H and O–H groups in total. The molecule has 0 aromatic rings. The van der Waals surface area contributed by atoms with E-state index in [9.17, 15) is 15.0 Å². The number of aliphatic hydroxyl groups excluding tert-OH is 1. The lowest BCUT2D eigenvalue weighted by atomic mass is 9.41. The van der Waals surface area contributed by atoms with Crippen LogP contribution in [0.15, 0.2) is 0 Å². The van der Waals surface area contributed by atoms with Crippen molar-refractivity contribution in [2.75, 3.05) is 32.9 Å². The Balaban J connectivity index is 0.992. The zero-order valence-electron chi connectivity index (χ0n) is 29.6. The number of aliphatic hydroxyl groups is 2. The minimum absolute atomic E-state index is 0.00746. The summed E-state index contributed by atoms with van der Waals surface area (Å²) in [5.74, 6) is 1.65.